The van der Waals surface area contributed by atoms with E-state index in [9.17, 15) is 9.59 Å². The van der Waals surface area contributed by atoms with Gasteiger partial charge in [-0.3, -0.25) is 9.59 Å². The second-order valence-electron chi connectivity index (χ2n) is 6.72. The van der Waals surface area contributed by atoms with Crippen LogP contribution in [0.4, 0.5) is 5.69 Å². The molecule has 0 saturated heterocycles. The van der Waals surface area contributed by atoms with Gasteiger partial charge in [0.05, 0.1) is 22.8 Å². The Morgan fingerprint density at radius 2 is 1.43 bits per heavy atom. The maximum atomic E-state index is 13.4. The van der Waals surface area contributed by atoms with Gasteiger partial charge in [-0.2, -0.15) is 0 Å². The lowest BCUT2D eigenvalue weighted by molar-refractivity contribution is -0.119. The molecule has 30 heavy (non-hydrogen) atoms. The average molecular weight is 416 g/mol. The Balaban J connectivity index is 1.68. The topological polar surface area (TPSA) is 46.6 Å². The Hall–Kier alpha value is -3.31. The van der Waals surface area contributed by atoms with Crippen molar-refractivity contribution in [2.45, 2.75) is 12.7 Å². The summed E-state index contributed by atoms with van der Waals surface area (Å²) in [4.78, 5) is 28.4. The molecule has 0 radical (unpaired) electrons. The van der Waals surface area contributed by atoms with Crippen LogP contribution in [0.1, 0.15) is 18.1 Å². The third-order valence-electron chi connectivity index (χ3n) is 4.74. The van der Waals surface area contributed by atoms with Crippen LogP contribution in [-0.2, 0) is 15.3 Å². The molecule has 3 aromatic rings. The predicted octanol–water partition coefficient (Wildman–Crippen LogP) is 5.30. The quantitative estimate of drug-likeness (QED) is 0.491. The lowest BCUT2D eigenvalue weighted by Crippen LogP contribution is -2.31. The van der Waals surface area contributed by atoms with Crippen molar-refractivity contribution in [2.75, 3.05) is 11.5 Å². The van der Waals surface area contributed by atoms with Crippen LogP contribution in [0.25, 0.3) is 5.57 Å². The van der Waals surface area contributed by atoms with Crippen molar-refractivity contribution in [1.82, 2.24) is 0 Å². The maximum absolute atomic E-state index is 13.4. The predicted molar refractivity (Wildman–Crippen MR) is 121 cm³/mol. The van der Waals surface area contributed by atoms with Crippen molar-refractivity contribution in [3.8, 4) is 5.75 Å². The molecule has 0 aliphatic carbocycles. The number of rotatable bonds is 7. The second kappa shape index (κ2) is 9.01. The van der Waals surface area contributed by atoms with E-state index in [-0.39, 0.29) is 11.8 Å². The molecular weight excluding hydrogens is 394 g/mol. The number of imide groups is 1. The van der Waals surface area contributed by atoms with Crippen LogP contribution in [-0.4, -0.2) is 18.4 Å². The van der Waals surface area contributed by atoms with Gasteiger partial charge in [-0.25, -0.2) is 4.90 Å². The number of hydrogen-bond donors (Lipinski definition) is 0. The van der Waals surface area contributed by atoms with E-state index >= 15 is 0 Å². The van der Waals surface area contributed by atoms with E-state index in [1.165, 1.54) is 16.7 Å². The number of benzene rings is 3. The highest BCUT2D eigenvalue weighted by atomic mass is 32.2. The largest absolute Gasteiger partial charge is 0.494 e. The van der Waals surface area contributed by atoms with Crippen LogP contribution >= 0.6 is 11.8 Å². The molecule has 150 valence electrons. The molecule has 0 bridgehead atoms. The van der Waals surface area contributed by atoms with Crippen molar-refractivity contribution in [3.63, 3.8) is 0 Å². The van der Waals surface area contributed by atoms with E-state index in [4.69, 9.17) is 4.74 Å². The molecule has 1 aliphatic rings. The SMILES string of the molecule is CCOc1ccc(N2C(=O)C(SCc3ccccc3)=C(c3ccccc3)C2=O)cc1. The zero-order valence-corrected chi connectivity index (χ0v) is 17.4. The molecule has 1 heterocycles. The van der Waals surface area contributed by atoms with Gasteiger partial charge in [-0.15, -0.1) is 11.8 Å². The van der Waals surface area contributed by atoms with Crippen LogP contribution in [0.2, 0.25) is 0 Å². The third kappa shape index (κ3) is 4.02. The van der Waals surface area contributed by atoms with E-state index in [1.54, 1.807) is 24.3 Å². The second-order valence-corrected chi connectivity index (χ2v) is 7.70. The maximum Gasteiger partial charge on any atom is 0.272 e. The summed E-state index contributed by atoms with van der Waals surface area (Å²) in [6, 6.07) is 26.3. The van der Waals surface area contributed by atoms with E-state index in [0.29, 0.717) is 34.3 Å². The first-order chi connectivity index (χ1) is 14.7. The first kappa shape index (κ1) is 20.0. The third-order valence-corrected chi connectivity index (χ3v) is 5.88. The fourth-order valence-corrected chi connectivity index (χ4v) is 4.39. The first-order valence-corrected chi connectivity index (χ1v) is 10.8. The van der Waals surface area contributed by atoms with Crippen LogP contribution < -0.4 is 9.64 Å². The lowest BCUT2D eigenvalue weighted by Gasteiger charge is -2.16. The summed E-state index contributed by atoms with van der Waals surface area (Å²) >= 11 is 1.40. The molecule has 0 aromatic heterocycles. The monoisotopic (exact) mass is 415 g/mol. The minimum Gasteiger partial charge on any atom is -0.494 e. The summed E-state index contributed by atoms with van der Waals surface area (Å²) in [5.74, 6) is 0.730. The Morgan fingerprint density at radius 3 is 2.07 bits per heavy atom. The smallest absolute Gasteiger partial charge is 0.272 e. The first-order valence-electron chi connectivity index (χ1n) is 9.77. The Bertz CT molecular complexity index is 1080. The highest BCUT2D eigenvalue weighted by Crippen LogP contribution is 2.39. The van der Waals surface area contributed by atoms with E-state index < -0.39 is 0 Å². The molecule has 0 atom stereocenters. The van der Waals surface area contributed by atoms with Gasteiger partial charge in [0.25, 0.3) is 11.8 Å². The van der Waals surface area contributed by atoms with Crippen molar-refractivity contribution in [3.05, 3.63) is 101 Å². The zero-order valence-electron chi connectivity index (χ0n) is 16.6. The summed E-state index contributed by atoms with van der Waals surface area (Å²) in [7, 11) is 0. The van der Waals surface area contributed by atoms with E-state index in [1.807, 2.05) is 67.6 Å². The number of ether oxygens (including phenoxy) is 1. The molecule has 4 nitrogen and oxygen atoms in total. The molecular formula is C25H21NO3S. The minimum absolute atomic E-state index is 0.288. The molecule has 3 aromatic carbocycles. The Labute approximate surface area is 180 Å². The van der Waals surface area contributed by atoms with Crippen LogP contribution in [0.5, 0.6) is 5.75 Å². The van der Waals surface area contributed by atoms with E-state index in [2.05, 4.69) is 0 Å². The molecule has 0 spiro atoms. The normalized spacial score (nSPS) is 13.8. The zero-order chi connectivity index (χ0) is 20.9. The summed E-state index contributed by atoms with van der Waals surface area (Å²) in [6.45, 7) is 2.47. The van der Waals surface area contributed by atoms with Gasteiger partial charge in [-0.1, -0.05) is 60.7 Å². The average Bonchev–Trinajstić information content (AvgIpc) is 3.04. The minimum atomic E-state index is -0.300. The van der Waals surface area contributed by atoms with Crippen molar-refractivity contribution >= 4 is 34.8 Å². The Kier molecular flexibility index (Phi) is 6.00. The van der Waals surface area contributed by atoms with Gasteiger partial charge in [0, 0.05) is 5.75 Å². The summed E-state index contributed by atoms with van der Waals surface area (Å²) < 4.78 is 5.47. The number of nitrogens with zero attached hydrogens (tertiary/aromatic N) is 1. The summed E-state index contributed by atoms with van der Waals surface area (Å²) in [5.41, 5.74) is 2.84. The number of carbonyl (C=O) groups excluding carboxylic acids is 2. The summed E-state index contributed by atoms with van der Waals surface area (Å²) in [5, 5.41) is 0. The molecule has 4 rings (SSSR count). The van der Waals surface area contributed by atoms with Gasteiger partial charge in [-0.05, 0) is 42.3 Å². The van der Waals surface area contributed by atoms with Crippen LogP contribution in [0.15, 0.2) is 89.8 Å². The van der Waals surface area contributed by atoms with Crippen molar-refractivity contribution in [1.29, 1.82) is 0 Å². The van der Waals surface area contributed by atoms with Gasteiger partial charge in [0.2, 0.25) is 0 Å². The standard InChI is InChI=1S/C25H21NO3S/c1-2-29-21-15-13-20(14-16-21)26-24(27)22(19-11-7-4-8-12-19)23(25(26)28)30-17-18-9-5-3-6-10-18/h3-16H,2,17H2,1H3. The number of carbonyl (C=O) groups is 2. The molecule has 5 heteroatoms. The van der Waals surface area contributed by atoms with Gasteiger partial charge in [0.15, 0.2) is 0 Å². The van der Waals surface area contributed by atoms with Crippen LogP contribution in [0.3, 0.4) is 0 Å². The number of anilines is 1. The molecule has 1 aliphatic heterocycles. The highest BCUT2D eigenvalue weighted by molar-refractivity contribution is 8.03. The highest BCUT2D eigenvalue weighted by Gasteiger charge is 2.40. The Morgan fingerprint density at radius 1 is 0.800 bits per heavy atom. The van der Waals surface area contributed by atoms with Crippen molar-refractivity contribution < 1.29 is 14.3 Å². The molecule has 2 amide bonds. The van der Waals surface area contributed by atoms with Crippen molar-refractivity contribution in [2.24, 2.45) is 0 Å². The fraction of sp³-hybridized carbons (Fsp3) is 0.120. The number of amides is 2. The van der Waals surface area contributed by atoms with E-state index in [0.717, 1.165) is 11.1 Å². The van der Waals surface area contributed by atoms with Gasteiger partial charge in [0.1, 0.15) is 5.75 Å². The van der Waals surface area contributed by atoms with Crippen LogP contribution in [0, 0.1) is 0 Å². The molecule has 0 fully saturated rings. The number of thioether (sulfide) groups is 1. The van der Waals surface area contributed by atoms with Gasteiger partial charge < -0.3 is 4.74 Å². The molecule has 0 N–H and O–H groups in total. The summed E-state index contributed by atoms with van der Waals surface area (Å²) in [6.07, 6.45) is 0. The lowest BCUT2D eigenvalue weighted by atomic mass is 10.1. The van der Waals surface area contributed by atoms with Gasteiger partial charge >= 0.3 is 0 Å². The number of hydrogen-bond acceptors (Lipinski definition) is 4. The fourth-order valence-electron chi connectivity index (χ4n) is 3.33. The molecule has 0 unspecified atom stereocenters. The molecule has 0 saturated carbocycles.